The molecule has 0 aliphatic heterocycles. The van der Waals surface area contributed by atoms with E-state index in [2.05, 4.69) is 15.6 Å². The smallest absolute Gasteiger partial charge is 0.287 e. The second-order valence-corrected chi connectivity index (χ2v) is 8.94. The number of hydrogen-bond donors (Lipinski definition) is 2. The maximum Gasteiger partial charge on any atom is 0.287 e. The van der Waals surface area contributed by atoms with Crippen LogP contribution in [0.2, 0.25) is 0 Å². The van der Waals surface area contributed by atoms with Crippen molar-refractivity contribution in [2.45, 2.75) is 57.5 Å². The minimum Gasteiger partial charge on any atom is -0.459 e. The minimum absolute atomic E-state index is 0.0717. The van der Waals surface area contributed by atoms with Crippen molar-refractivity contribution in [1.82, 2.24) is 15.6 Å². The monoisotopic (exact) mass is 488 g/mol. The molecule has 8 heteroatoms. The van der Waals surface area contributed by atoms with Gasteiger partial charge in [-0.2, -0.15) is 0 Å². The van der Waals surface area contributed by atoms with E-state index in [0.29, 0.717) is 17.7 Å². The largest absolute Gasteiger partial charge is 0.459 e. The Hall–Kier alpha value is -3.94. The predicted molar refractivity (Wildman–Crippen MR) is 136 cm³/mol. The van der Waals surface area contributed by atoms with Gasteiger partial charge >= 0.3 is 0 Å². The Morgan fingerprint density at radius 3 is 2.56 bits per heavy atom. The summed E-state index contributed by atoms with van der Waals surface area (Å²) < 4.78 is 5.14. The first-order chi connectivity index (χ1) is 17.6. The number of aromatic nitrogens is 1. The average molecular weight is 489 g/mol. The molecule has 2 aromatic heterocycles. The number of hydrogen-bond acceptors (Lipinski definition) is 5. The third-order valence-electron chi connectivity index (χ3n) is 6.50. The van der Waals surface area contributed by atoms with Crippen molar-refractivity contribution in [3.8, 4) is 0 Å². The third-order valence-corrected chi connectivity index (χ3v) is 6.50. The summed E-state index contributed by atoms with van der Waals surface area (Å²) in [7, 11) is 0. The summed E-state index contributed by atoms with van der Waals surface area (Å²) in [6.45, 7) is 1.70. The molecule has 8 nitrogen and oxygen atoms in total. The molecule has 1 aromatic carbocycles. The summed E-state index contributed by atoms with van der Waals surface area (Å²) in [6.07, 6.45) is 10.5. The Kier molecular flexibility index (Phi) is 8.49. The molecule has 36 heavy (non-hydrogen) atoms. The number of aryl methyl sites for hydroxylation is 1. The summed E-state index contributed by atoms with van der Waals surface area (Å²) in [5.74, 6) is -1.06. The minimum atomic E-state index is -0.943. The zero-order chi connectivity index (χ0) is 25.3. The number of rotatable bonds is 9. The van der Waals surface area contributed by atoms with Crippen LogP contribution in [0, 0.1) is 0 Å². The van der Waals surface area contributed by atoms with Crippen molar-refractivity contribution in [3.05, 3.63) is 84.1 Å². The summed E-state index contributed by atoms with van der Waals surface area (Å²) in [5, 5.41) is 5.81. The van der Waals surface area contributed by atoms with Crippen LogP contribution in [0.25, 0.3) is 0 Å². The van der Waals surface area contributed by atoms with Crippen molar-refractivity contribution in [2.24, 2.45) is 0 Å². The van der Waals surface area contributed by atoms with E-state index in [1.807, 2.05) is 31.2 Å². The van der Waals surface area contributed by atoms with Crippen molar-refractivity contribution >= 4 is 23.4 Å². The average Bonchev–Trinajstić information content (AvgIpc) is 3.46. The fraction of sp³-hybridized carbons (Fsp3) is 0.357. The van der Waals surface area contributed by atoms with Gasteiger partial charge in [0, 0.05) is 29.7 Å². The number of nitrogens with zero attached hydrogens (tertiary/aromatic N) is 2. The lowest BCUT2D eigenvalue weighted by atomic mass is 9.94. The maximum atomic E-state index is 13.8. The van der Waals surface area contributed by atoms with E-state index in [-0.39, 0.29) is 24.3 Å². The molecule has 0 unspecified atom stereocenters. The van der Waals surface area contributed by atoms with E-state index in [9.17, 15) is 14.4 Å². The second kappa shape index (κ2) is 12.2. The highest BCUT2D eigenvalue weighted by Gasteiger charge is 2.35. The van der Waals surface area contributed by atoms with Gasteiger partial charge < -0.3 is 15.1 Å². The molecule has 1 aliphatic rings. The second-order valence-electron chi connectivity index (χ2n) is 8.94. The van der Waals surface area contributed by atoms with Gasteiger partial charge in [0.1, 0.15) is 6.04 Å². The highest BCUT2D eigenvalue weighted by molar-refractivity contribution is 6.04. The van der Waals surface area contributed by atoms with E-state index < -0.39 is 17.9 Å². The van der Waals surface area contributed by atoms with Crippen LogP contribution in [0.1, 0.15) is 66.8 Å². The molecule has 1 saturated carbocycles. The van der Waals surface area contributed by atoms with Crippen LogP contribution in [-0.4, -0.2) is 35.3 Å². The number of anilines is 1. The van der Waals surface area contributed by atoms with Gasteiger partial charge in [-0.15, -0.1) is 0 Å². The molecule has 1 fully saturated rings. The Morgan fingerprint density at radius 1 is 1.06 bits per heavy atom. The summed E-state index contributed by atoms with van der Waals surface area (Å²) >= 11 is 0. The molecule has 0 bridgehead atoms. The first-order valence-electron chi connectivity index (χ1n) is 12.5. The van der Waals surface area contributed by atoms with E-state index in [1.54, 1.807) is 30.6 Å². The Balaban J connectivity index is 1.69. The first-order valence-corrected chi connectivity index (χ1v) is 12.5. The zero-order valence-corrected chi connectivity index (χ0v) is 20.5. The Morgan fingerprint density at radius 2 is 1.86 bits per heavy atom. The SMILES string of the molecule is CCc1ccccc1N(C(=O)CNC(=O)c1ccco1)[C@@H](C(=O)NC1CCCCC1)c1cccnc1. The van der Waals surface area contributed by atoms with E-state index >= 15 is 0 Å². The third kappa shape index (κ3) is 6.00. The molecule has 188 valence electrons. The highest BCUT2D eigenvalue weighted by atomic mass is 16.3. The van der Waals surface area contributed by atoms with Crippen molar-refractivity contribution in [3.63, 3.8) is 0 Å². The summed E-state index contributed by atoms with van der Waals surface area (Å²) in [4.78, 5) is 45.8. The van der Waals surface area contributed by atoms with Crippen LogP contribution >= 0.6 is 0 Å². The number of para-hydroxylation sites is 1. The molecule has 4 rings (SSSR count). The number of benzene rings is 1. The fourth-order valence-electron chi connectivity index (χ4n) is 4.68. The van der Waals surface area contributed by atoms with Crippen LogP contribution in [0.15, 0.2) is 71.6 Å². The molecule has 0 saturated heterocycles. The lowest BCUT2D eigenvalue weighted by molar-refractivity contribution is -0.127. The lowest BCUT2D eigenvalue weighted by Crippen LogP contribution is -2.50. The van der Waals surface area contributed by atoms with Gasteiger partial charge in [-0.05, 0) is 49.1 Å². The molecule has 2 N–H and O–H groups in total. The first kappa shape index (κ1) is 25.2. The normalized spacial score (nSPS) is 14.6. The van der Waals surface area contributed by atoms with Crippen LogP contribution in [0.5, 0.6) is 0 Å². The van der Waals surface area contributed by atoms with Crippen molar-refractivity contribution in [1.29, 1.82) is 0 Å². The Bertz CT molecular complexity index is 1160. The van der Waals surface area contributed by atoms with Gasteiger partial charge in [-0.3, -0.25) is 24.3 Å². The van der Waals surface area contributed by atoms with E-state index in [4.69, 9.17) is 4.42 Å². The number of carbonyl (C=O) groups is 3. The number of nitrogens with one attached hydrogen (secondary N) is 2. The Labute approximate surface area is 211 Å². The zero-order valence-electron chi connectivity index (χ0n) is 20.5. The van der Waals surface area contributed by atoms with Gasteiger partial charge in [0.05, 0.1) is 12.8 Å². The lowest BCUT2D eigenvalue weighted by Gasteiger charge is -2.34. The fourth-order valence-corrected chi connectivity index (χ4v) is 4.68. The quantitative estimate of drug-likeness (QED) is 0.470. The summed E-state index contributed by atoms with van der Waals surface area (Å²) in [5.41, 5.74) is 2.15. The number of furan rings is 1. The number of pyridine rings is 1. The number of amides is 3. The summed E-state index contributed by atoms with van der Waals surface area (Å²) in [6, 6.07) is 13.3. The van der Waals surface area contributed by atoms with Gasteiger partial charge in [0.2, 0.25) is 11.8 Å². The highest BCUT2D eigenvalue weighted by Crippen LogP contribution is 2.31. The van der Waals surface area contributed by atoms with Gasteiger partial charge in [-0.1, -0.05) is 50.5 Å². The predicted octanol–water partition coefficient (Wildman–Crippen LogP) is 4.19. The topological polar surface area (TPSA) is 105 Å². The standard InChI is InChI=1S/C28H32N4O4/c1-2-20-10-6-7-14-23(20)32(25(33)19-30-27(34)24-15-9-17-36-24)26(21-11-8-16-29-18-21)28(35)31-22-12-4-3-5-13-22/h6-11,14-18,22,26H,2-5,12-13,19H2,1H3,(H,30,34)(H,31,35)/t26-/m1/s1. The molecule has 2 heterocycles. The van der Waals surface area contributed by atoms with Crippen molar-refractivity contribution < 1.29 is 18.8 Å². The molecule has 3 amide bonds. The van der Waals surface area contributed by atoms with Gasteiger partial charge in [0.25, 0.3) is 5.91 Å². The maximum absolute atomic E-state index is 13.8. The van der Waals surface area contributed by atoms with Crippen molar-refractivity contribution in [2.75, 3.05) is 11.4 Å². The molecule has 3 aromatic rings. The molecular weight excluding hydrogens is 456 g/mol. The molecule has 1 aliphatic carbocycles. The van der Waals surface area contributed by atoms with Crippen LogP contribution in [-0.2, 0) is 16.0 Å². The molecular formula is C28H32N4O4. The number of carbonyl (C=O) groups excluding carboxylic acids is 3. The van der Waals surface area contributed by atoms with Crippen LogP contribution < -0.4 is 15.5 Å². The molecule has 1 atom stereocenters. The van der Waals surface area contributed by atoms with E-state index in [0.717, 1.165) is 31.2 Å². The van der Waals surface area contributed by atoms with Crippen LogP contribution in [0.4, 0.5) is 5.69 Å². The molecule has 0 spiro atoms. The van der Waals surface area contributed by atoms with E-state index in [1.165, 1.54) is 23.7 Å². The molecule has 0 radical (unpaired) electrons. The van der Waals surface area contributed by atoms with Gasteiger partial charge in [-0.25, -0.2) is 0 Å². The van der Waals surface area contributed by atoms with Crippen LogP contribution in [0.3, 0.4) is 0 Å². The van der Waals surface area contributed by atoms with Gasteiger partial charge in [0.15, 0.2) is 5.76 Å².